The number of aryl methyl sites for hydroxylation is 1. The Labute approximate surface area is 206 Å². The predicted molar refractivity (Wildman–Crippen MR) is 140 cm³/mol. The van der Waals surface area contributed by atoms with Crippen LogP contribution < -0.4 is 9.64 Å². The van der Waals surface area contributed by atoms with Crippen LogP contribution in [0, 0.1) is 6.92 Å². The first-order chi connectivity index (χ1) is 17.0. The summed E-state index contributed by atoms with van der Waals surface area (Å²) in [5.74, 6) is 0.758. The summed E-state index contributed by atoms with van der Waals surface area (Å²) in [6.45, 7) is 1.94. The molecule has 35 heavy (non-hydrogen) atoms. The molecule has 5 rings (SSSR count). The summed E-state index contributed by atoms with van der Waals surface area (Å²) in [4.78, 5) is 2.41. The van der Waals surface area contributed by atoms with Gasteiger partial charge in [0.25, 0.3) is 10.0 Å². The van der Waals surface area contributed by atoms with Crippen LogP contribution in [0.15, 0.2) is 126 Å². The lowest BCUT2D eigenvalue weighted by molar-refractivity contribution is 0.415. The molecule has 0 saturated heterocycles. The van der Waals surface area contributed by atoms with Crippen LogP contribution >= 0.6 is 0 Å². The van der Waals surface area contributed by atoms with Gasteiger partial charge in [0.1, 0.15) is 5.75 Å². The van der Waals surface area contributed by atoms with E-state index in [0.29, 0.717) is 5.70 Å². The minimum absolute atomic E-state index is 0.251. The molecule has 0 saturated carbocycles. The first-order valence-corrected chi connectivity index (χ1v) is 12.8. The lowest BCUT2D eigenvalue weighted by Crippen LogP contribution is -2.45. The lowest BCUT2D eigenvalue weighted by atomic mass is 10.0. The van der Waals surface area contributed by atoms with E-state index in [2.05, 4.69) is 4.90 Å². The van der Waals surface area contributed by atoms with E-state index in [0.717, 1.165) is 28.3 Å². The van der Waals surface area contributed by atoms with Crippen molar-refractivity contribution in [3.8, 4) is 5.75 Å². The van der Waals surface area contributed by atoms with E-state index in [1.165, 1.54) is 4.31 Å². The van der Waals surface area contributed by atoms with Crippen LogP contribution in [0.3, 0.4) is 0 Å². The maximum absolute atomic E-state index is 13.9. The molecule has 5 nitrogen and oxygen atoms in total. The van der Waals surface area contributed by atoms with Crippen molar-refractivity contribution in [2.75, 3.05) is 12.0 Å². The van der Waals surface area contributed by atoms with Gasteiger partial charge in [-0.25, -0.2) is 12.7 Å². The highest BCUT2D eigenvalue weighted by atomic mass is 32.2. The Bertz CT molecular complexity index is 1440. The maximum atomic E-state index is 13.9. The van der Waals surface area contributed by atoms with E-state index in [9.17, 15) is 8.42 Å². The third-order valence-electron chi connectivity index (χ3n) is 6.12. The fraction of sp³-hybridized carbons (Fsp3) is 0.103. The number of sulfonamides is 1. The zero-order chi connectivity index (χ0) is 24.4. The van der Waals surface area contributed by atoms with Gasteiger partial charge in [-0.3, -0.25) is 0 Å². The number of methoxy groups -OCH3 is 1. The summed E-state index contributed by atoms with van der Waals surface area (Å²) in [6, 6.07) is 24.3. The number of rotatable bonds is 5. The molecule has 6 heteroatoms. The molecule has 1 aliphatic carbocycles. The van der Waals surface area contributed by atoms with Crippen molar-refractivity contribution in [3.63, 3.8) is 0 Å². The average Bonchev–Trinajstić information content (AvgIpc) is 3.15. The zero-order valence-electron chi connectivity index (χ0n) is 19.6. The van der Waals surface area contributed by atoms with Gasteiger partial charge in [-0.2, -0.15) is 0 Å². The molecule has 0 radical (unpaired) electrons. The number of hydrogen-bond acceptors (Lipinski definition) is 4. The van der Waals surface area contributed by atoms with Gasteiger partial charge < -0.3 is 9.64 Å². The Kier molecular flexibility index (Phi) is 6.05. The second-order valence-electron chi connectivity index (χ2n) is 8.37. The summed E-state index contributed by atoms with van der Waals surface area (Å²) >= 11 is 0. The van der Waals surface area contributed by atoms with Crippen LogP contribution in [0.4, 0.5) is 5.69 Å². The summed E-state index contributed by atoms with van der Waals surface area (Å²) < 4.78 is 34.6. The van der Waals surface area contributed by atoms with Gasteiger partial charge in [0, 0.05) is 11.9 Å². The number of fused-ring (bicyclic) bond motifs is 1. The summed E-state index contributed by atoms with van der Waals surface area (Å²) in [5.41, 5.74) is 4.27. The number of allylic oxidation sites excluding steroid dienone is 4. The lowest BCUT2D eigenvalue weighted by Gasteiger charge is -2.43. The van der Waals surface area contributed by atoms with E-state index in [4.69, 9.17) is 4.74 Å². The van der Waals surface area contributed by atoms with Crippen molar-refractivity contribution in [2.45, 2.75) is 17.9 Å². The molecular formula is C29H26N2O3S. The van der Waals surface area contributed by atoms with Crippen LogP contribution in [-0.2, 0) is 10.0 Å². The Morgan fingerprint density at radius 2 is 1.54 bits per heavy atom. The first kappa shape index (κ1) is 22.7. The smallest absolute Gasteiger partial charge is 0.267 e. The largest absolute Gasteiger partial charge is 0.497 e. The Morgan fingerprint density at radius 3 is 2.23 bits per heavy atom. The zero-order valence-corrected chi connectivity index (χ0v) is 20.4. The minimum atomic E-state index is -3.85. The van der Waals surface area contributed by atoms with E-state index in [1.807, 2.05) is 104 Å². The third-order valence-corrected chi connectivity index (χ3v) is 7.82. The number of hydrogen-bond donors (Lipinski definition) is 0. The van der Waals surface area contributed by atoms with Crippen molar-refractivity contribution < 1.29 is 13.2 Å². The van der Waals surface area contributed by atoms with Crippen molar-refractivity contribution >= 4 is 21.4 Å². The Balaban J connectivity index is 1.74. The minimum Gasteiger partial charge on any atom is -0.497 e. The third kappa shape index (κ3) is 4.29. The highest BCUT2D eigenvalue weighted by Crippen LogP contribution is 2.40. The van der Waals surface area contributed by atoms with Gasteiger partial charge in [-0.1, -0.05) is 72.3 Å². The van der Waals surface area contributed by atoms with E-state index in [1.54, 1.807) is 25.4 Å². The highest BCUT2D eigenvalue weighted by molar-refractivity contribution is 7.89. The fourth-order valence-electron chi connectivity index (χ4n) is 4.30. The molecule has 3 aromatic rings. The van der Waals surface area contributed by atoms with E-state index < -0.39 is 10.0 Å². The van der Waals surface area contributed by atoms with Gasteiger partial charge in [0.2, 0.25) is 0 Å². The molecule has 176 valence electrons. The monoisotopic (exact) mass is 482 g/mol. The number of anilines is 1. The highest BCUT2D eigenvalue weighted by Gasteiger charge is 2.38. The quantitative estimate of drug-likeness (QED) is 0.455. The molecule has 2 aliphatic rings. The molecule has 3 aromatic carbocycles. The fourth-order valence-corrected chi connectivity index (χ4v) is 5.69. The molecule has 1 atom stereocenters. The van der Waals surface area contributed by atoms with Gasteiger partial charge in [-0.05, 0) is 55.0 Å². The Hall–Kier alpha value is -4.03. The van der Waals surface area contributed by atoms with E-state index >= 15 is 0 Å². The van der Waals surface area contributed by atoms with Gasteiger partial charge in [0.05, 0.1) is 29.4 Å². The van der Waals surface area contributed by atoms with Gasteiger partial charge >= 0.3 is 0 Å². The average molecular weight is 483 g/mol. The summed E-state index contributed by atoms with van der Waals surface area (Å²) in [6.07, 6.45) is 11.4. The van der Waals surface area contributed by atoms with Crippen LogP contribution in [0.5, 0.6) is 5.75 Å². The van der Waals surface area contributed by atoms with Crippen molar-refractivity contribution in [1.82, 2.24) is 4.31 Å². The molecular weight excluding hydrogens is 456 g/mol. The van der Waals surface area contributed by atoms with Gasteiger partial charge in [0.15, 0.2) is 0 Å². The standard InChI is InChI=1S/C29H26N2O3S/c1-22-13-19-26(20-14-22)35(32,33)30-21-29(23-9-5-3-6-10-23)31(24-15-17-25(34-2)18-16-24)28-12-8-4-7-11-27(28)30/h3-21,28H,1-2H3. The maximum Gasteiger partial charge on any atom is 0.267 e. The molecule has 0 bridgehead atoms. The number of nitrogens with zero attached hydrogens (tertiary/aromatic N) is 2. The Morgan fingerprint density at radius 1 is 0.829 bits per heavy atom. The van der Waals surface area contributed by atoms with Crippen LogP contribution in [-0.4, -0.2) is 25.9 Å². The SMILES string of the molecule is COc1ccc(N2C(c3ccccc3)=CN(S(=O)(=O)c3ccc(C)cc3)C3=CC=CC=CC32)cc1. The summed E-state index contributed by atoms with van der Waals surface area (Å²) in [5, 5.41) is 0. The molecule has 0 N–H and O–H groups in total. The molecule has 0 aromatic heterocycles. The van der Waals surface area contributed by atoms with Gasteiger partial charge in [-0.15, -0.1) is 0 Å². The first-order valence-electron chi connectivity index (χ1n) is 11.4. The predicted octanol–water partition coefficient (Wildman–Crippen LogP) is 5.89. The van der Waals surface area contributed by atoms with Crippen molar-refractivity contribution in [3.05, 3.63) is 132 Å². The van der Waals surface area contributed by atoms with Crippen LogP contribution in [0.2, 0.25) is 0 Å². The molecule has 0 spiro atoms. The van der Waals surface area contributed by atoms with Crippen molar-refractivity contribution in [2.24, 2.45) is 0 Å². The molecule has 0 amide bonds. The van der Waals surface area contributed by atoms with Crippen LogP contribution in [0.25, 0.3) is 5.70 Å². The van der Waals surface area contributed by atoms with Crippen molar-refractivity contribution in [1.29, 1.82) is 0 Å². The topological polar surface area (TPSA) is 49.9 Å². The second kappa shape index (κ2) is 9.31. The van der Waals surface area contributed by atoms with E-state index in [-0.39, 0.29) is 10.9 Å². The second-order valence-corrected chi connectivity index (χ2v) is 10.2. The van der Waals surface area contributed by atoms with Crippen LogP contribution in [0.1, 0.15) is 11.1 Å². The molecule has 1 unspecified atom stereocenters. The summed E-state index contributed by atoms with van der Waals surface area (Å²) in [7, 11) is -2.21. The molecule has 0 fully saturated rings. The molecule has 1 aliphatic heterocycles. The number of ether oxygens (including phenoxy) is 1. The normalized spacial score (nSPS) is 17.4. The number of benzene rings is 3. The molecule has 1 heterocycles.